The molecule has 2 N–H and O–H groups in total. The van der Waals surface area contributed by atoms with Gasteiger partial charge in [-0.25, -0.2) is 4.39 Å². The highest BCUT2D eigenvalue weighted by Crippen LogP contribution is 2.25. The molecule has 2 heterocycles. The normalized spacial score (nSPS) is 13.8. The van der Waals surface area contributed by atoms with Crippen LogP contribution in [0.15, 0.2) is 18.2 Å². The average molecular weight is 403 g/mol. The summed E-state index contributed by atoms with van der Waals surface area (Å²) in [6.07, 6.45) is 0.896. The number of aromatic nitrogens is 2. The van der Waals surface area contributed by atoms with Crippen LogP contribution < -0.4 is 10.6 Å². The number of carbonyl (C=O) groups is 1. The fourth-order valence-electron chi connectivity index (χ4n) is 3.28. The molecular weight excluding hydrogens is 378 g/mol. The summed E-state index contributed by atoms with van der Waals surface area (Å²) in [4.78, 5) is 12.3. The number of halogens is 3. The van der Waals surface area contributed by atoms with Crippen molar-refractivity contribution >= 4 is 36.4 Å². The first-order valence-electron chi connectivity index (χ1n) is 8.29. The molecule has 2 aromatic rings. The van der Waals surface area contributed by atoms with E-state index in [0.717, 1.165) is 23.5 Å². The predicted molar refractivity (Wildman–Crippen MR) is 106 cm³/mol. The smallest absolute Gasteiger partial charge is 0.226 e. The van der Waals surface area contributed by atoms with Crippen LogP contribution in [0.3, 0.4) is 0 Å². The van der Waals surface area contributed by atoms with Gasteiger partial charge < -0.3 is 10.6 Å². The van der Waals surface area contributed by atoms with E-state index >= 15 is 0 Å². The topological polar surface area (TPSA) is 59.0 Å². The van der Waals surface area contributed by atoms with Crippen LogP contribution in [-0.2, 0) is 17.8 Å². The van der Waals surface area contributed by atoms with Gasteiger partial charge in [-0.3, -0.25) is 9.48 Å². The molecule has 0 aliphatic carbocycles. The first-order valence-corrected chi connectivity index (χ1v) is 8.29. The predicted octanol–water partition coefficient (Wildman–Crippen LogP) is 3.72. The van der Waals surface area contributed by atoms with Gasteiger partial charge in [-0.2, -0.15) is 5.10 Å². The molecule has 0 fully saturated rings. The number of hydrogen-bond donors (Lipinski definition) is 2. The first-order chi connectivity index (χ1) is 11.5. The lowest BCUT2D eigenvalue weighted by molar-refractivity contribution is -0.116. The summed E-state index contributed by atoms with van der Waals surface area (Å²) in [7, 11) is 0. The minimum atomic E-state index is -0.305. The number of nitrogens with zero attached hydrogens (tertiary/aromatic N) is 2. The molecular formula is C18H25Cl2FN4O. The van der Waals surface area contributed by atoms with E-state index in [1.54, 1.807) is 6.07 Å². The zero-order valence-electron chi connectivity index (χ0n) is 15.1. The Labute approximate surface area is 165 Å². The van der Waals surface area contributed by atoms with Gasteiger partial charge in [0.2, 0.25) is 5.91 Å². The van der Waals surface area contributed by atoms with Crippen LogP contribution in [-0.4, -0.2) is 22.2 Å². The van der Waals surface area contributed by atoms with Crippen molar-refractivity contribution in [3.8, 4) is 0 Å². The molecule has 26 heavy (non-hydrogen) atoms. The summed E-state index contributed by atoms with van der Waals surface area (Å²) >= 11 is 0. The Kier molecular flexibility index (Phi) is 8.06. The highest BCUT2D eigenvalue weighted by atomic mass is 35.5. The Morgan fingerprint density at radius 3 is 2.77 bits per heavy atom. The van der Waals surface area contributed by atoms with Crippen molar-refractivity contribution in [1.82, 2.24) is 15.1 Å². The maximum absolute atomic E-state index is 14.6. The number of hydrogen-bond acceptors (Lipinski definition) is 3. The fourth-order valence-corrected chi connectivity index (χ4v) is 3.28. The van der Waals surface area contributed by atoms with Crippen LogP contribution in [0.2, 0.25) is 0 Å². The molecule has 1 unspecified atom stereocenters. The van der Waals surface area contributed by atoms with Crippen molar-refractivity contribution in [3.63, 3.8) is 0 Å². The molecule has 1 aliphatic heterocycles. The molecule has 144 valence electrons. The lowest BCUT2D eigenvalue weighted by Crippen LogP contribution is -2.25. The average Bonchev–Trinajstić information content (AvgIpc) is 2.89. The van der Waals surface area contributed by atoms with Crippen LogP contribution in [0.25, 0.3) is 0 Å². The Hall–Kier alpha value is -1.63. The van der Waals surface area contributed by atoms with Crippen LogP contribution in [0.4, 0.5) is 10.1 Å². The number of rotatable bonds is 4. The Bertz CT molecular complexity index is 779. The summed E-state index contributed by atoms with van der Waals surface area (Å²) in [6.45, 7) is 7.26. The van der Waals surface area contributed by atoms with Crippen molar-refractivity contribution in [1.29, 1.82) is 0 Å². The fraction of sp³-hybridized carbons (Fsp3) is 0.444. The minimum Gasteiger partial charge on any atom is -0.324 e. The summed E-state index contributed by atoms with van der Waals surface area (Å²) in [5, 5.41) is 10.3. The Balaban J connectivity index is 0.00000169. The van der Waals surface area contributed by atoms with Crippen molar-refractivity contribution in [2.45, 2.75) is 46.2 Å². The monoisotopic (exact) mass is 402 g/mol. The van der Waals surface area contributed by atoms with Crippen LogP contribution >= 0.6 is 24.8 Å². The molecule has 5 nitrogen and oxygen atoms in total. The molecule has 1 aromatic carbocycles. The number of carbonyl (C=O) groups excluding carboxylic acids is 1. The summed E-state index contributed by atoms with van der Waals surface area (Å²) in [5.41, 5.74) is 3.88. The van der Waals surface area contributed by atoms with Gasteiger partial charge in [-0.15, -0.1) is 24.8 Å². The van der Waals surface area contributed by atoms with E-state index in [1.165, 1.54) is 0 Å². The molecule has 3 rings (SSSR count). The second-order valence-electron chi connectivity index (χ2n) is 6.46. The van der Waals surface area contributed by atoms with E-state index in [4.69, 9.17) is 0 Å². The number of aryl methyl sites for hydroxylation is 2. The molecule has 1 atom stereocenters. The highest BCUT2D eigenvalue weighted by molar-refractivity contribution is 5.91. The number of nitrogens with one attached hydrogen (secondary N) is 2. The number of anilines is 1. The molecule has 0 saturated carbocycles. The molecule has 0 bridgehead atoms. The van der Waals surface area contributed by atoms with Gasteiger partial charge >= 0.3 is 0 Å². The van der Waals surface area contributed by atoms with Gasteiger partial charge in [0.25, 0.3) is 0 Å². The van der Waals surface area contributed by atoms with E-state index in [9.17, 15) is 9.18 Å². The molecule has 1 aliphatic rings. The van der Waals surface area contributed by atoms with Gasteiger partial charge in [-0.1, -0.05) is 6.07 Å². The zero-order chi connectivity index (χ0) is 17.3. The first kappa shape index (κ1) is 22.4. The Morgan fingerprint density at radius 1 is 1.38 bits per heavy atom. The van der Waals surface area contributed by atoms with Gasteiger partial charge in [0.1, 0.15) is 5.82 Å². The standard InChI is InChI=1S/C18H23FN4O.2ClH/c1-11-8-12(2)23(22-11)13(3)9-17(24)21-16-5-4-14-10-20-7-6-15(14)18(16)19;;/h4-5,8,13,20H,6-7,9-10H2,1-3H3,(H,21,24);2*1H. The Morgan fingerprint density at radius 2 is 2.12 bits per heavy atom. The third-order valence-electron chi connectivity index (χ3n) is 4.42. The van der Waals surface area contributed by atoms with Crippen molar-refractivity contribution in [3.05, 3.63) is 46.5 Å². The lowest BCUT2D eigenvalue weighted by atomic mass is 9.99. The van der Waals surface area contributed by atoms with Gasteiger partial charge in [0.15, 0.2) is 0 Å². The van der Waals surface area contributed by atoms with Gasteiger partial charge in [-0.05, 0) is 57.0 Å². The van der Waals surface area contributed by atoms with E-state index in [1.807, 2.05) is 37.6 Å². The van der Waals surface area contributed by atoms with E-state index in [2.05, 4.69) is 15.7 Å². The molecule has 0 radical (unpaired) electrons. The minimum absolute atomic E-state index is 0. The number of amides is 1. The van der Waals surface area contributed by atoms with Crippen LogP contribution in [0.5, 0.6) is 0 Å². The highest BCUT2D eigenvalue weighted by Gasteiger charge is 2.19. The second kappa shape index (κ2) is 9.35. The summed E-state index contributed by atoms with van der Waals surface area (Å²) < 4.78 is 16.4. The van der Waals surface area contributed by atoms with Crippen molar-refractivity contribution < 1.29 is 9.18 Å². The molecule has 0 spiro atoms. The van der Waals surface area contributed by atoms with Crippen LogP contribution in [0, 0.1) is 19.7 Å². The van der Waals surface area contributed by atoms with Crippen molar-refractivity contribution in [2.75, 3.05) is 11.9 Å². The quantitative estimate of drug-likeness (QED) is 0.818. The lowest BCUT2D eigenvalue weighted by Gasteiger charge is -2.20. The number of fused-ring (bicyclic) bond motifs is 1. The SMILES string of the molecule is Cc1cc(C)n(C(C)CC(=O)Nc2ccc3c(c2F)CCNC3)n1.Cl.Cl. The maximum Gasteiger partial charge on any atom is 0.226 e. The summed E-state index contributed by atoms with van der Waals surface area (Å²) in [6, 6.07) is 5.42. The molecule has 1 amide bonds. The van der Waals surface area contributed by atoms with Gasteiger partial charge in [0, 0.05) is 18.7 Å². The number of benzene rings is 1. The third kappa shape index (κ3) is 4.75. The van der Waals surface area contributed by atoms with E-state index in [-0.39, 0.29) is 54.7 Å². The van der Waals surface area contributed by atoms with Gasteiger partial charge in [0.05, 0.1) is 17.4 Å². The van der Waals surface area contributed by atoms with Crippen molar-refractivity contribution in [2.24, 2.45) is 0 Å². The largest absolute Gasteiger partial charge is 0.324 e. The molecule has 8 heteroatoms. The second-order valence-corrected chi connectivity index (χ2v) is 6.46. The molecule has 0 saturated heterocycles. The zero-order valence-corrected chi connectivity index (χ0v) is 16.8. The van der Waals surface area contributed by atoms with E-state index in [0.29, 0.717) is 18.5 Å². The van der Waals surface area contributed by atoms with E-state index < -0.39 is 0 Å². The summed E-state index contributed by atoms with van der Waals surface area (Å²) in [5.74, 6) is -0.510. The molecule has 1 aromatic heterocycles. The van der Waals surface area contributed by atoms with Crippen LogP contribution in [0.1, 0.15) is 41.9 Å². The maximum atomic E-state index is 14.6. The third-order valence-corrected chi connectivity index (χ3v) is 4.42.